The third kappa shape index (κ3) is 4.30. The number of alkyl halides is 3. The van der Waals surface area contributed by atoms with Gasteiger partial charge in [0.25, 0.3) is 0 Å². The first-order chi connectivity index (χ1) is 12.4. The van der Waals surface area contributed by atoms with Crippen LogP contribution >= 0.6 is 11.6 Å². The topological polar surface area (TPSA) is 21.3 Å². The van der Waals surface area contributed by atoms with Gasteiger partial charge in [-0.25, -0.2) is 4.39 Å². The minimum atomic E-state index is -4.41. The Morgan fingerprint density at radius 3 is 2.50 bits per heavy atom. The van der Waals surface area contributed by atoms with E-state index in [0.717, 1.165) is 32.0 Å². The Morgan fingerprint density at radius 1 is 1.12 bits per heavy atom. The van der Waals surface area contributed by atoms with Gasteiger partial charge in [-0.15, -0.1) is 0 Å². The summed E-state index contributed by atoms with van der Waals surface area (Å²) in [5.74, 6) is -0.689. The zero-order valence-electron chi connectivity index (χ0n) is 13.9. The molecule has 0 aromatic heterocycles. The molecule has 140 valence electrons. The van der Waals surface area contributed by atoms with Crippen LogP contribution in [0.1, 0.15) is 35.4 Å². The van der Waals surface area contributed by atoms with Crippen molar-refractivity contribution in [1.82, 2.24) is 5.32 Å². The Hall–Kier alpha value is -1.79. The van der Waals surface area contributed by atoms with Crippen LogP contribution in [0.5, 0.6) is 5.75 Å². The van der Waals surface area contributed by atoms with E-state index in [-0.39, 0.29) is 23.3 Å². The molecule has 3 rings (SSSR count). The van der Waals surface area contributed by atoms with E-state index in [1.54, 1.807) is 0 Å². The monoisotopic (exact) mass is 387 g/mol. The number of hydrogen-bond acceptors (Lipinski definition) is 2. The van der Waals surface area contributed by atoms with E-state index >= 15 is 0 Å². The third-order valence-corrected chi connectivity index (χ3v) is 4.84. The summed E-state index contributed by atoms with van der Waals surface area (Å²) in [6, 6.07) is 7.82. The number of hydrogen-bond donors (Lipinski definition) is 1. The molecule has 1 aliphatic rings. The molecular formula is C19H18ClF4NO. The van der Waals surface area contributed by atoms with Gasteiger partial charge in [-0.05, 0) is 67.2 Å². The van der Waals surface area contributed by atoms with E-state index in [2.05, 4.69) is 5.32 Å². The highest BCUT2D eigenvalue weighted by Crippen LogP contribution is 2.36. The first-order valence-corrected chi connectivity index (χ1v) is 8.71. The maximum Gasteiger partial charge on any atom is 0.416 e. The molecule has 2 aromatic rings. The summed E-state index contributed by atoms with van der Waals surface area (Å²) < 4.78 is 58.7. The largest absolute Gasteiger partial charge is 0.484 e. The Morgan fingerprint density at radius 2 is 1.85 bits per heavy atom. The fourth-order valence-electron chi connectivity index (χ4n) is 3.19. The first-order valence-electron chi connectivity index (χ1n) is 8.34. The maximum atomic E-state index is 13.9. The van der Waals surface area contributed by atoms with Crippen LogP contribution in [-0.2, 0) is 12.8 Å². The van der Waals surface area contributed by atoms with Crippen LogP contribution in [0.25, 0.3) is 0 Å². The van der Waals surface area contributed by atoms with Crippen molar-refractivity contribution in [1.29, 1.82) is 0 Å². The zero-order chi connectivity index (χ0) is 18.7. The second-order valence-electron chi connectivity index (χ2n) is 6.28. The number of halogens is 5. The van der Waals surface area contributed by atoms with E-state index < -0.39 is 17.6 Å². The average molecular weight is 388 g/mol. The van der Waals surface area contributed by atoms with Crippen molar-refractivity contribution in [2.75, 3.05) is 13.1 Å². The molecule has 2 nitrogen and oxygen atoms in total. The average Bonchev–Trinajstić information content (AvgIpc) is 2.61. The molecule has 0 amide bonds. The molecule has 1 heterocycles. The van der Waals surface area contributed by atoms with Crippen molar-refractivity contribution in [3.63, 3.8) is 0 Å². The number of ether oxygens (including phenoxy) is 1. The van der Waals surface area contributed by atoms with Crippen molar-refractivity contribution in [3.05, 3.63) is 63.9 Å². The molecule has 26 heavy (non-hydrogen) atoms. The SMILES string of the molecule is Fc1cccc(Cl)c1OCc1ccc(C(F)(F)F)cc1C1CCNCC1. The Balaban J connectivity index is 1.90. The van der Waals surface area contributed by atoms with Crippen LogP contribution in [0.15, 0.2) is 36.4 Å². The lowest BCUT2D eigenvalue weighted by molar-refractivity contribution is -0.137. The number of para-hydroxylation sites is 1. The van der Waals surface area contributed by atoms with Gasteiger partial charge in [0.05, 0.1) is 10.6 Å². The molecule has 2 aromatic carbocycles. The van der Waals surface area contributed by atoms with Crippen LogP contribution < -0.4 is 10.1 Å². The van der Waals surface area contributed by atoms with Gasteiger partial charge in [0.15, 0.2) is 11.6 Å². The second-order valence-corrected chi connectivity index (χ2v) is 6.68. The van der Waals surface area contributed by atoms with Gasteiger partial charge in [-0.3, -0.25) is 0 Å². The molecule has 1 aliphatic heterocycles. The minimum Gasteiger partial charge on any atom is -0.484 e. The molecule has 0 bridgehead atoms. The smallest absolute Gasteiger partial charge is 0.416 e. The van der Waals surface area contributed by atoms with E-state index in [9.17, 15) is 17.6 Å². The molecule has 1 saturated heterocycles. The fraction of sp³-hybridized carbons (Fsp3) is 0.368. The van der Waals surface area contributed by atoms with E-state index in [4.69, 9.17) is 16.3 Å². The van der Waals surface area contributed by atoms with Gasteiger partial charge in [0, 0.05) is 0 Å². The quantitative estimate of drug-likeness (QED) is 0.695. The lowest BCUT2D eigenvalue weighted by Crippen LogP contribution is -2.27. The molecule has 1 N–H and O–H groups in total. The lowest BCUT2D eigenvalue weighted by atomic mass is 9.86. The molecule has 0 saturated carbocycles. The maximum absolute atomic E-state index is 13.9. The standard InChI is InChI=1S/C19H18ClF4NO/c20-16-2-1-3-17(21)18(16)26-11-13-4-5-14(19(22,23)24)10-15(13)12-6-8-25-9-7-12/h1-5,10,12,25H,6-9,11H2. The number of piperidine rings is 1. The van der Waals surface area contributed by atoms with Crippen LogP contribution in [-0.4, -0.2) is 13.1 Å². The predicted octanol–water partition coefficient (Wildman–Crippen LogP) is 5.54. The Bertz CT molecular complexity index is 752. The van der Waals surface area contributed by atoms with Crippen LogP contribution in [0.3, 0.4) is 0 Å². The van der Waals surface area contributed by atoms with Crippen LogP contribution in [0, 0.1) is 5.82 Å². The van der Waals surface area contributed by atoms with Gasteiger partial charge < -0.3 is 10.1 Å². The second kappa shape index (κ2) is 7.84. The highest BCUT2D eigenvalue weighted by molar-refractivity contribution is 6.32. The van der Waals surface area contributed by atoms with Crippen LogP contribution in [0.4, 0.5) is 17.6 Å². The highest BCUT2D eigenvalue weighted by atomic mass is 35.5. The van der Waals surface area contributed by atoms with Crippen molar-refractivity contribution in [2.24, 2.45) is 0 Å². The summed E-state index contributed by atoms with van der Waals surface area (Å²) in [7, 11) is 0. The molecular weight excluding hydrogens is 370 g/mol. The Kier molecular flexibility index (Phi) is 5.73. The van der Waals surface area contributed by atoms with Gasteiger partial charge in [-0.1, -0.05) is 23.7 Å². The predicted molar refractivity (Wildman–Crippen MR) is 92.0 cm³/mol. The van der Waals surface area contributed by atoms with E-state index in [1.807, 2.05) is 0 Å². The normalized spacial score (nSPS) is 15.9. The van der Waals surface area contributed by atoms with E-state index in [1.165, 1.54) is 30.3 Å². The third-order valence-electron chi connectivity index (χ3n) is 4.54. The molecule has 0 atom stereocenters. The fourth-order valence-corrected chi connectivity index (χ4v) is 3.40. The summed E-state index contributed by atoms with van der Waals surface area (Å²) in [6.07, 6.45) is -2.92. The van der Waals surface area contributed by atoms with Crippen molar-refractivity contribution in [2.45, 2.75) is 31.5 Å². The van der Waals surface area contributed by atoms with Gasteiger partial charge in [0.2, 0.25) is 0 Å². The first kappa shape index (κ1) is 19.0. The summed E-state index contributed by atoms with van der Waals surface area (Å²) in [4.78, 5) is 0. The molecule has 0 unspecified atom stereocenters. The van der Waals surface area contributed by atoms with E-state index in [0.29, 0.717) is 11.1 Å². The van der Waals surface area contributed by atoms with Gasteiger partial charge in [-0.2, -0.15) is 13.2 Å². The zero-order valence-corrected chi connectivity index (χ0v) is 14.6. The molecule has 0 aliphatic carbocycles. The molecule has 0 radical (unpaired) electrons. The Labute approximate surface area is 154 Å². The lowest BCUT2D eigenvalue weighted by Gasteiger charge is -2.26. The van der Waals surface area contributed by atoms with Crippen molar-refractivity contribution >= 4 is 11.6 Å². The summed E-state index contributed by atoms with van der Waals surface area (Å²) in [5.41, 5.74) is 0.539. The van der Waals surface area contributed by atoms with Crippen molar-refractivity contribution in [3.8, 4) is 5.75 Å². The van der Waals surface area contributed by atoms with Crippen molar-refractivity contribution < 1.29 is 22.3 Å². The van der Waals surface area contributed by atoms with Gasteiger partial charge in [0.1, 0.15) is 6.61 Å². The minimum absolute atomic E-state index is 0.00763. The van der Waals surface area contributed by atoms with Gasteiger partial charge >= 0.3 is 6.18 Å². The number of rotatable bonds is 4. The molecule has 1 fully saturated rings. The van der Waals surface area contributed by atoms with Crippen LogP contribution in [0.2, 0.25) is 5.02 Å². The number of benzene rings is 2. The summed E-state index contributed by atoms with van der Waals surface area (Å²) in [5, 5.41) is 3.33. The molecule has 7 heteroatoms. The molecule has 0 spiro atoms. The number of nitrogens with one attached hydrogen (secondary N) is 1. The highest BCUT2D eigenvalue weighted by Gasteiger charge is 2.32. The summed E-state index contributed by atoms with van der Waals surface area (Å²) >= 11 is 5.95. The summed E-state index contributed by atoms with van der Waals surface area (Å²) in [6.45, 7) is 1.46.